The van der Waals surface area contributed by atoms with Gasteiger partial charge < -0.3 is 0 Å². The van der Waals surface area contributed by atoms with E-state index in [9.17, 15) is 0 Å². The van der Waals surface area contributed by atoms with Crippen LogP contribution in [0.1, 0.15) is 0 Å². The molecule has 0 aliphatic carbocycles. The Bertz CT molecular complexity index is 367. The summed E-state index contributed by atoms with van der Waals surface area (Å²) in [6, 6.07) is 6.07. The lowest BCUT2D eigenvalue weighted by molar-refractivity contribution is 1.82. The van der Waals surface area contributed by atoms with Crippen LogP contribution in [0.3, 0.4) is 0 Å². The summed E-state index contributed by atoms with van der Waals surface area (Å²) in [5.41, 5.74) is 0. The minimum atomic E-state index is -1.28. The highest BCUT2D eigenvalue weighted by atomic mass is 32.4. The van der Waals surface area contributed by atoms with Crippen molar-refractivity contribution in [2.75, 3.05) is 26.7 Å². The van der Waals surface area contributed by atoms with E-state index in [0.717, 1.165) is 0 Å². The minimum Gasteiger partial charge on any atom is -0.0931 e. The summed E-state index contributed by atoms with van der Waals surface area (Å²) < 4.78 is 0. The quantitative estimate of drug-likeness (QED) is 0.751. The van der Waals surface area contributed by atoms with Crippen LogP contribution in [0, 0.1) is 0 Å². The third-order valence-electron chi connectivity index (χ3n) is 2.09. The van der Waals surface area contributed by atoms with Gasteiger partial charge in [-0.2, -0.15) is 0 Å². The molecule has 0 saturated heterocycles. The van der Waals surface area contributed by atoms with Crippen molar-refractivity contribution < 1.29 is 0 Å². The van der Waals surface area contributed by atoms with Crippen LogP contribution < -0.4 is 10.6 Å². The molecule has 0 nitrogen and oxygen atoms in total. The van der Waals surface area contributed by atoms with E-state index in [1.807, 2.05) is 0 Å². The summed E-state index contributed by atoms with van der Waals surface area (Å²) in [5.74, 6) is 0. The van der Waals surface area contributed by atoms with Crippen LogP contribution in [0.4, 0.5) is 0 Å². The van der Waals surface area contributed by atoms with Crippen LogP contribution in [0.15, 0.2) is 24.3 Å². The SMILES string of the molecule is CP(C)(=S)c1ccc(P(C)(C)=S)cc1. The highest BCUT2D eigenvalue weighted by molar-refractivity contribution is 8.18. The molecule has 0 radical (unpaired) electrons. The monoisotopic (exact) mass is 262 g/mol. The van der Waals surface area contributed by atoms with Gasteiger partial charge in [0.1, 0.15) is 0 Å². The fraction of sp³-hybridized carbons (Fsp3) is 0.400. The molecule has 0 saturated carbocycles. The van der Waals surface area contributed by atoms with Gasteiger partial charge in [0.15, 0.2) is 0 Å². The molecule has 0 N–H and O–H groups in total. The molecule has 1 aromatic rings. The number of rotatable bonds is 2. The van der Waals surface area contributed by atoms with Crippen LogP contribution >= 0.6 is 12.1 Å². The van der Waals surface area contributed by atoms with Crippen molar-refractivity contribution in [3.8, 4) is 0 Å². The smallest absolute Gasteiger partial charge is 0.0147 e. The maximum atomic E-state index is 5.48. The van der Waals surface area contributed by atoms with Crippen LogP contribution in [-0.2, 0) is 23.6 Å². The average Bonchev–Trinajstić information content (AvgIpc) is 2.01. The van der Waals surface area contributed by atoms with Gasteiger partial charge in [0.05, 0.1) is 0 Å². The van der Waals surface area contributed by atoms with Crippen LogP contribution in [0.25, 0.3) is 0 Å². The molecule has 1 aromatic carbocycles. The molecule has 0 spiro atoms. The van der Waals surface area contributed by atoms with E-state index in [1.165, 1.54) is 10.6 Å². The Morgan fingerprint density at radius 3 is 1.07 bits per heavy atom. The van der Waals surface area contributed by atoms with Gasteiger partial charge in [0.2, 0.25) is 0 Å². The molecule has 0 aliphatic heterocycles. The van der Waals surface area contributed by atoms with Crippen LogP contribution in [0.2, 0.25) is 0 Å². The molecule has 14 heavy (non-hydrogen) atoms. The topological polar surface area (TPSA) is 0 Å². The molecule has 0 aromatic heterocycles. The summed E-state index contributed by atoms with van der Waals surface area (Å²) >= 11 is 11.0. The van der Waals surface area contributed by atoms with Crippen LogP contribution in [0.5, 0.6) is 0 Å². The Morgan fingerprint density at radius 2 is 0.929 bits per heavy atom. The molecule has 78 valence electrons. The molecule has 0 fully saturated rings. The lowest BCUT2D eigenvalue weighted by Crippen LogP contribution is -2.08. The fourth-order valence-corrected chi connectivity index (χ4v) is 3.64. The second-order valence-corrected chi connectivity index (χ2v) is 16.1. The molecule has 4 heteroatoms. The standard InChI is InChI=1S/C10H16P2S2/c1-11(2,13)9-5-7-10(8-6-9)12(3,4)14/h5-8H,1-4H3. The molecule has 0 heterocycles. The number of hydrogen-bond acceptors (Lipinski definition) is 2. The van der Waals surface area contributed by atoms with Crippen molar-refractivity contribution in [2.24, 2.45) is 0 Å². The molecule has 0 atom stereocenters. The largest absolute Gasteiger partial charge is 0.0931 e. The predicted octanol–water partition coefficient (Wildman–Crippen LogP) is 2.42. The van der Waals surface area contributed by atoms with Crippen molar-refractivity contribution in [2.45, 2.75) is 0 Å². The molecule has 1 rings (SSSR count). The first kappa shape index (κ1) is 12.6. The fourth-order valence-electron chi connectivity index (χ4n) is 1.17. The van der Waals surface area contributed by atoms with Crippen LogP contribution in [-0.4, -0.2) is 26.7 Å². The van der Waals surface area contributed by atoms with Gasteiger partial charge in [-0.1, -0.05) is 47.9 Å². The zero-order valence-electron chi connectivity index (χ0n) is 9.02. The Morgan fingerprint density at radius 1 is 0.714 bits per heavy atom. The van der Waals surface area contributed by atoms with Gasteiger partial charge in [-0.05, 0) is 49.3 Å². The molecular formula is C10H16P2S2. The first-order chi connectivity index (χ1) is 6.21. The summed E-state index contributed by atoms with van der Waals surface area (Å²) in [4.78, 5) is 0. The lowest BCUT2D eigenvalue weighted by atomic mass is 10.4. The summed E-state index contributed by atoms with van der Waals surface area (Å²) in [7, 11) is 0. The molecular weight excluding hydrogens is 246 g/mol. The lowest BCUT2D eigenvalue weighted by Gasteiger charge is -2.14. The summed E-state index contributed by atoms with van der Waals surface area (Å²) in [6.07, 6.45) is 0. The molecule has 0 amide bonds. The minimum absolute atomic E-state index is 1.28. The number of benzene rings is 1. The predicted molar refractivity (Wildman–Crippen MR) is 78.0 cm³/mol. The van der Waals surface area contributed by atoms with Crippen molar-refractivity contribution >= 4 is 46.3 Å². The Labute approximate surface area is 97.1 Å². The van der Waals surface area contributed by atoms with E-state index in [2.05, 4.69) is 50.9 Å². The van der Waals surface area contributed by atoms with Gasteiger partial charge in [0.25, 0.3) is 0 Å². The zero-order valence-corrected chi connectivity index (χ0v) is 12.4. The highest BCUT2D eigenvalue weighted by Gasteiger charge is 2.09. The van der Waals surface area contributed by atoms with Crippen molar-refractivity contribution in [1.82, 2.24) is 0 Å². The summed E-state index contributed by atoms with van der Waals surface area (Å²) in [6.45, 7) is 8.63. The van der Waals surface area contributed by atoms with Crippen molar-refractivity contribution in [3.05, 3.63) is 24.3 Å². The van der Waals surface area contributed by atoms with Gasteiger partial charge in [-0.25, -0.2) is 0 Å². The van der Waals surface area contributed by atoms with Gasteiger partial charge in [0, 0.05) is 0 Å². The maximum Gasteiger partial charge on any atom is -0.0147 e. The Kier molecular flexibility index (Phi) is 3.76. The van der Waals surface area contributed by atoms with E-state index in [0.29, 0.717) is 0 Å². The molecule has 0 aliphatic rings. The number of hydrogen-bond donors (Lipinski definition) is 0. The van der Waals surface area contributed by atoms with E-state index >= 15 is 0 Å². The first-order valence-corrected chi connectivity index (χ1v) is 11.8. The normalized spacial score (nSPS) is 12.9. The second kappa shape index (κ2) is 4.18. The third kappa shape index (κ3) is 3.28. The van der Waals surface area contributed by atoms with Gasteiger partial charge in [-0.15, -0.1) is 0 Å². The molecule has 0 bridgehead atoms. The third-order valence-corrected chi connectivity index (χ3v) is 6.44. The highest BCUT2D eigenvalue weighted by Crippen LogP contribution is 2.37. The average molecular weight is 262 g/mol. The van der Waals surface area contributed by atoms with Crippen molar-refractivity contribution in [1.29, 1.82) is 0 Å². The summed E-state index contributed by atoms with van der Waals surface area (Å²) in [5, 5.41) is 2.61. The molecule has 0 unspecified atom stereocenters. The Balaban J connectivity index is 3.14. The second-order valence-electron chi connectivity index (χ2n) is 4.22. The van der Waals surface area contributed by atoms with E-state index < -0.39 is 12.1 Å². The first-order valence-electron chi connectivity index (χ1n) is 4.42. The maximum absolute atomic E-state index is 5.48. The van der Waals surface area contributed by atoms with Gasteiger partial charge >= 0.3 is 0 Å². The van der Waals surface area contributed by atoms with Crippen molar-refractivity contribution in [3.63, 3.8) is 0 Å². The Hall–Kier alpha value is 0.520. The van der Waals surface area contributed by atoms with E-state index in [4.69, 9.17) is 23.6 Å². The van der Waals surface area contributed by atoms with E-state index in [1.54, 1.807) is 0 Å². The zero-order chi connectivity index (χ0) is 11.0. The van der Waals surface area contributed by atoms with E-state index in [-0.39, 0.29) is 0 Å². The van der Waals surface area contributed by atoms with Gasteiger partial charge in [-0.3, -0.25) is 0 Å².